The molecule has 4 rings (SSSR count). The third-order valence-electron chi connectivity index (χ3n) is 5.11. The number of nitrogens with two attached hydrogens (primary N) is 1. The topological polar surface area (TPSA) is 118 Å². The summed E-state index contributed by atoms with van der Waals surface area (Å²) < 4.78 is 2.09. The van der Waals surface area contributed by atoms with Crippen LogP contribution in [0.2, 0.25) is 0 Å². The van der Waals surface area contributed by atoms with Gasteiger partial charge in [-0.1, -0.05) is 24.6 Å². The molecule has 1 aromatic heterocycles. The van der Waals surface area contributed by atoms with Crippen LogP contribution in [0.3, 0.4) is 0 Å². The third kappa shape index (κ3) is 3.60. The molecule has 0 radical (unpaired) electrons. The number of benzene rings is 1. The van der Waals surface area contributed by atoms with Crippen LogP contribution in [0, 0.1) is 0 Å². The molecule has 3 heterocycles. The minimum atomic E-state index is -0.674. The van der Waals surface area contributed by atoms with Crippen LogP contribution in [-0.2, 0) is 29.1 Å². The molecule has 1 aromatic carbocycles. The van der Waals surface area contributed by atoms with E-state index in [4.69, 9.17) is 5.73 Å². The van der Waals surface area contributed by atoms with Gasteiger partial charge >= 0.3 is 0 Å². The fourth-order valence-corrected chi connectivity index (χ4v) is 3.63. The van der Waals surface area contributed by atoms with Crippen LogP contribution in [0.1, 0.15) is 37.3 Å². The highest BCUT2D eigenvalue weighted by molar-refractivity contribution is 6.40. The molecular weight excluding hydrogens is 358 g/mol. The smallest absolute Gasteiger partial charge is 0.267 e. The number of hydrogen-bond donors (Lipinski definition) is 2. The summed E-state index contributed by atoms with van der Waals surface area (Å²) in [6.45, 7) is 1.15. The first-order chi connectivity index (χ1) is 13.6. The molecule has 9 heteroatoms. The summed E-state index contributed by atoms with van der Waals surface area (Å²) in [6, 6.07) is 8.54. The Hall–Kier alpha value is -3.23. The van der Waals surface area contributed by atoms with E-state index in [0.717, 1.165) is 43.1 Å². The highest BCUT2D eigenvalue weighted by Gasteiger charge is 2.35. The number of anilines is 1. The number of hydrogen-bond acceptors (Lipinski definition) is 6. The molecule has 3 N–H and O–H groups in total. The molecule has 2 aromatic rings. The van der Waals surface area contributed by atoms with Gasteiger partial charge in [0.25, 0.3) is 5.91 Å². The van der Waals surface area contributed by atoms with E-state index in [9.17, 15) is 9.59 Å². The second-order valence-electron chi connectivity index (χ2n) is 7.03. The van der Waals surface area contributed by atoms with E-state index in [1.807, 2.05) is 30.3 Å². The quantitative estimate of drug-likeness (QED) is 0.792. The Labute approximate surface area is 162 Å². The molecule has 2 aliphatic heterocycles. The normalized spacial score (nSPS) is 18.9. The fraction of sp³-hybridized carbons (Fsp3) is 0.421. The van der Waals surface area contributed by atoms with Gasteiger partial charge in [-0.3, -0.25) is 14.6 Å². The molecule has 0 bridgehead atoms. The molecule has 2 amide bonds. The molecule has 1 unspecified atom stereocenters. The van der Waals surface area contributed by atoms with Crippen molar-refractivity contribution < 1.29 is 9.59 Å². The van der Waals surface area contributed by atoms with Crippen LogP contribution in [0.15, 0.2) is 35.4 Å². The molecule has 9 nitrogen and oxygen atoms in total. The number of aryl methyl sites for hydroxylation is 1. The lowest BCUT2D eigenvalue weighted by Crippen LogP contribution is -2.39. The lowest BCUT2D eigenvalue weighted by Gasteiger charge is -2.20. The standard InChI is InChI=1S/C19H23N7O2/c20-18(27)15-11-14(24-26(15)13-7-3-1-4-8-13)19(28)21-12-17-23-22-16-9-5-2-6-10-25(16)17/h1,3-4,7-8,15H,2,5-6,9-12H2,(H2,20,27)(H,21,28). The van der Waals surface area contributed by atoms with E-state index in [2.05, 4.69) is 25.2 Å². The van der Waals surface area contributed by atoms with Crippen molar-refractivity contribution in [2.24, 2.45) is 10.8 Å². The zero-order valence-electron chi connectivity index (χ0n) is 15.5. The number of fused-ring (bicyclic) bond motifs is 1. The summed E-state index contributed by atoms with van der Waals surface area (Å²) in [4.78, 5) is 24.5. The first-order valence-electron chi connectivity index (χ1n) is 9.53. The van der Waals surface area contributed by atoms with Gasteiger partial charge in [0.05, 0.1) is 12.2 Å². The molecule has 146 valence electrons. The molecule has 28 heavy (non-hydrogen) atoms. The molecule has 0 saturated carbocycles. The average molecular weight is 381 g/mol. The van der Waals surface area contributed by atoms with E-state index < -0.39 is 11.9 Å². The van der Waals surface area contributed by atoms with Crippen molar-refractivity contribution in [2.75, 3.05) is 5.01 Å². The first-order valence-corrected chi connectivity index (χ1v) is 9.53. The Morgan fingerprint density at radius 2 is 1.96 bits per heavy atom. The molecule has 0 aliphatic carbocycles. The Kier molecular flexibility index (Phi) is 5.05. The van der Waals surface area contributed by atoms with Gasteiger partial charge in [-0.2, -0.15) is 5.10 Å². The number of carbonyl (C=O) groups excluding carboxylic acids is 2. The second-order valence-corrected chi connectivity index (χ2v) is 7.03. The number of primary amides is 1. The predicted molar refractivity (Wildman–Crippen MR) is 103 cm³/mol. The largest absolute Gasteiger partial charge is 0.368 e. The Morgan fingerprint density at radius 3 is 2.75 bits per heavy atom. The molecule has 2 aliphatic rings. The van der Waals surface area contributed by atoms with Gasteiger partial charge in [0, 0.05) is 19.4 Å². The lowest BCUT2D eigenvalue weighted by atomic mass is 10.1. The van der Waals surface area contributed by atoms with E-state index >= 15 is 0 Å². The first kappa shape index (κ1) is 18.1. The van der Waals surface area contributed by atoms with E-state index in [1.165, 1.54) is 11.4 Å². The summed E-state index contributed by atoms with van der Waals surface area (Å²) >= 11 is 0. The van der Waals surface area contributed by atoms with Gasteiger partial charge in [0.1, 0.15) is 17.6 Å². The van der Waals surface area contributed by atoms with Crippen molar-refractivity contribution in [3.05, 3.63) is 42.0 Å². The number of nitrogens with zero attached hydrogens (tertiary/aromatic N) is 5. The summed E-state index contributed by atoms with van der Waals surface area (Å²) in [7, 11) is 0. The van der Waals surface area contributed by atoms with Crippen molar-refractivity contribution in [3.63, 3.8) is 0 Å². The number of nitrogens with one attached hydrogen (secondary N) is 1. The van der Waals surface area contributed by atoms with E-state index in [1.54, 1.807) is 0 Å². The highest BCUT2D eigenvalue weighted by Crippen LogP contribution is 2.24. The maximum atomic E-state index is 12.6. The number of hydrazone groups is 1. The summed E-state index contributed by atoms with van der Waals surface area (Å²) in [5.41, 5.74) is 6.52. The minimum Gasteiger partial charge on any atom is -0.368 e. The Bertz CT molecular complexity index is 906. The van der Waals surface area contributed by atoms with Gasteiger partial charge in [-0.15, -0.1) is 10.2 Å². The van der Waals surface area contributed by atoms with Crippen molar-refractivity contribution >= 4 is 23.2 Å². The van der Waals surface area contributed by atoms with Gasteiger partial charge in [-0.25, -0.2) is 0 Å². The monoisotopic (exact) mass is 381 g/mol. The van der Waals surface area contributed by atoms with E-state index in [0.29, 0.717) is 0 Å². The maximum absolute atomic E-state index is 12.6. The zero-order chi connectivity index (χ0) is 19.5. The van der Waals surface area contributed by atoms with Gasteiger partial charge in [-0.05, 0) is 25.0 Å². The van der Waals surface area contributed by atoms with Crippen molar-refractivity contribution in [1.82, 2.24) is 20.1 Å². The number of rotatable bonds is 5. The summed E-state index contributed by atoms with van der Waals surface area (Å²) in [5.74, 6) is 0.882. The summed E-state index contributed by atoms with van der Waals surface area (Å²) in [6.07, 6.45) is 4.47. The lowest BCUT2D eigenvalue weighted by molar-refractivity contribution is -0.119. The molecule has 0 fully saturated rings. The van der Waals surface area contributed by atoms with Crippen LogP contribution in [0.25, 0.3) is 0 Å². The highest BCUT2D eigenvalue weighted by atomic mass is 16.2. The third-order valence-corrected chi connectivity index (χ3v) is 5.11. The SMILES string of the molecule is NC(=O)C1CC(C(=O)NCc2nnc3n2CCCCC3)=NN1c1ccccc1. The van der Waals surface area contributed by atoms with Gasteiger partial charge in [0.15, 0.2) is 5.82 Å². The van der Waals surface area contributed by atoms with Crippen molar-refractivity contribution in [2.45, 2.75) is 51.2 Å². The van der Waals surface area contributed by atoms with Crippen molar-refractivity contribution in [3.8, 4) is 0 Å². The molecule has 0 spiro atoms. The van der Waals surface area contributed by atoms with Crippen LogP contribution in [-0.4, -0.2) is 38.3 Å². The predicted octanol–water partition coefficient (Wildman–Crippen LogP) is 0.741. The zero-order valence-corrected chi connectivity index (χ0v) is 15.5. The average Bonchev–Trinajstić information content (AvgIpc) is 3.25. The molecule has 1 atom stereocenters. The second kappa shape index (κ2) is 7.79. The Morgan fingerprint density at radius 1 is 1.14 bits per heavy atom. The van der Waals surface area contributed by atoms with Gasteiger partial charge < -0.3 is 15.6 Å². The van der Waals surface area contributed by atoms with Crippen LogP contribution in [0.5, 0.6) is 0 Å². The molecular formula is C19H23N7O2. The van der Waals surface area contributed by atoms with Crippen LogP contribution >= 0.6 is 0 Å². The fourth-order valence-electron chi connectivity index (χ4n) is 3.63. The summed E-state index contributed by atoms with van der Waals surface area (Å²) in [5, 5.41) is 17.2. The number of amides is 2. The van der Waals surface area contributed by atoms with Crippen LogP contribution < -0.4 is 16.1 Å². The minimum absolute atomic E-state index is 0.175. The van der Waals surface area contributed by atoms with Gasteiger partial charge in [0.2, 0.25) is 5.91 Å². The number of para-hydroxylation sites is 1. The van der Waals surface area contributed by atoms with Crippen LogP contribution in [0.4, 0.5) is 5.69 Å². The Balaban J connectivity index is 1.46. The molecule has 0 saturated heterocycles. The van der Waals surface area contributed by atoms with Crippen molar-refractivity contribution in [1.29, 1.82) is 0 Å². The van der Waals surface area contributed by atoms with E-state index in [-0.39, 0.29) is 24.6 Å². The number of carbonyl (C=O) groups is 2. The maximum Gasteiger partial charge on any atom is 0.267 e. The number of aromatic nitrogens is 3.